The molecule has 31 heavy (non-hydrogen) atoms. The Balaban J connectivity index is 1.58. The molecule has 152 valence electrons. The van der Waals surface area contributed by atoms with E-state index in [1.807, 2.05) is 91.0 Å². The molecule has 4 nitrogen and oxygen atoms in total. The molecule has 4 aromatic carbocycles. The summed E-state index contributed by atoms with van der Waals surface area (Å²) in [5, 5.41) is 0. The van der Waals surface area contributed by atoms with Crippen molar-refractivity contribution in [2.75, 3.05) is 0 Å². The van der Waals surface area contributed by atoms with Gasteiger partial charge in [-0.1, -0.05) is 91.0 Å². The number of rotatable bonds is 6. The van der Waals surface area contributed by atoms with E-state index in [4.69, 9.17) is 14.2 Å². The van der Waals surface area contributed by atoms with Crippen molar-refractivity contribution in [2.24, 2.45) is 0 Å². The summed E-state index contributed by atoms with van der Waals surface area (Å²) in [6.45, 7) is 0.350. The minimum atomic E-state index is -1.17. The molecule has 0 unspecified atom stereocenters. The Morgan fingerprint density at radius 1 is 0.742 bits per heavy atom. The molecule has 5 rings (SSSR count). The zero-order chi connectivity index (χ0) is 21.1. The van der Waals surface area contributed by atoms with Crippen molar-refractivity contribution in [3.8, 4) is 17.2 Å². The Labute approximate surface area is 180 Å². The van der Waals surface area contributed by atoms with Crippen molar-refractivity contribution in [3.63, 3.8) is 0 Å². The fourth-order valence-electron chi connectivity index (χ4n) is 3.72. The number of ether oxygens (including phenoxy) is 3. The Hall–Kier alpha value is -4.05. The van der Waals surface area contributed by atoms with Crippen LogP contribution in [-0.2, 0) is 12.4 Å². The van der Waals surface area contributed by atoms with Gasteiger partial charge in [0.05, 0.1) is 0 Å². The Kier molecular flexibility index (Phi) is 4.89. The normalized spacial score (nSPS) is 13.5. The molecule has 4 heteroatoms. The summed E-state index contributed by atoms with van der Waals surface area (Å²) in [4.78, 5) is 11.6. The molecule has 1 aliphatic rings. The van der Waals surface area contributed by atoms with Gasteiger partial charge in [-0.2, -0.15) is 0 Å². The molecule has 0 saturated carbocycles. The summed E-state index contributed by atoms with van der Waals surface area (Å²) >= 11 is 0. The summed E-state index contributed by atoms with van der Waals surface area (Å²) < 4.78 is 19.0. The van der Waals surface area contributed by atoms with Crippen molar-refractivity contribution >= 4 is 6.29 Å². The number of hydrogen-bond donors (Lipinski definition) is 0. The van der Waals surface area contributed by atoms with Crippen molar-refractivity contribution in [1.82, 2.24) is 0 Å². The van der Waals surface area contributed by atoms with E-state index in [-0.39, 0.29) is 0 Å². The van der Waals surface area contributed by atoms with Crippen LogP contribution in [0.1, 0.15) is 27.0 Å². The summed E-state index contributed by atoms with van der Waals surface area (Å²) in [6, 6.07) is 32.7. The van der Waals surface area contributed by atoms with Crippen molar-refractivity contribution < 1.29 is 19.0 Å². The maximum atomic E-state index is 11.6. The topological polar surface area (TPSA) is 44.8 Å². The highest BCUT2D eigenvalue weighted by atomic mass is 16.7. The van der Waals surface area contributed by atoms with E-state index < -0.39 is 5.79 Å². The van der Waals surface area contributed by atoms with Gasteiger partial charge in [-0.25, -0.2) is 0 Å². The highest BCUT2D eigenvalue weighted by Crippen LogP contribution is 2.52. The van der Waals surface area contributed by atoms with E-state index >= 15 is 0 Å². The maximum absolute atomic E-state index is 11.6. The summed E-state index contributed by atoms with van der Waals surface area (Å²) in [7, 11) is 0. The van der Waals surface area contributed by atoms with Gasteiger partial charge in [0.25, 0.3) is 0 Å². The predicted molar refractivity (Wildman–Crippen MR) is 118 cm³/mol. The Morgan fingerprint density at radius 3 is 1.90 bits per heavy atom. The molecule has 0 aliphatic carbocycles. The first-order valence-corrected chi connectivity index (χ1v) is 10.1. The quantitative estimate of drug-likeness (QED) is 0.381. The first-order chi connectivity index (χ1) is 15.3. The van der Waals surface area contributed by atoms with Crippen LogP contribution in [0, 0.1) is 0 Å². The summed E-state index contributed by atoms with van der Waals surface area (Å²) in [5.41, 5.74) is 3.17. The second-order valence-electron chi connectivity index (χ2n) is 7.29. The summed E-state index contributed by atoms with van der Waals surface area (Å²) in [5.74, 6) is 0.254. The predicted octanol–water partition coefficient (Wildman–Crippen LogP) is 5.75. The average Bonchev–Trinajstić information content (AvgIpc) is 3.25. The molecule has 4 aromatic rings. The fourth-order valence-corrected chi connectivity index (χ4v) is 3.72. The molecule has 0 amide bonds. The largest absolute Gasteiger partial charge is 0.485 e. The number of hydrogen-bond acceptors (Lipinski definition) is 4. The number of carbonyl (C=O) groups is 1. The van der Waals surface area contributed by atoms with Gasteiger partial charge in [-0.3, -0.25) is 4.79 Å². The Morgan fingerprint density at radius 2 is 1.32 bits per heavy atom. The lowest BCUT2D eigenvalue weighted by molar-refractivity contribution is -0.0469. The van der Waals surface area contributed by atoms with Gasteiger partial charge in [0.2, 0.25) is 5.75 Å². The van der Waals surface area contributed by atoms with Gasteiger partial charge in [-0.05, 0) is 17.7 Å². The third-order valence-electron chi connectivity index (χ3n) is 5.22. The highest BCUT2D eigenvalue weighted by molar-refractivity contribution is 5.79. The van der Waals surface area contributed by atoms with Gasteiger partial charge < -0.3 is 14.2 Å². The summed E-state index contributed by atoms with van der Waals surface area (Å²) in [6.07, 6.45) is 0.782. The molecule has 0 N–H and O–H groups in total. The monoisotopic (exact) mass is 408 g/mol. The number of carbonyl (C=O) groups excluding carboxylic acids is 1. The second-order valence-corrected chi connectivity index (χ2v) is 7.29. The molecule has 0 aromatic heterocycles. The lowest BCUT2D eigenvalue weighted by Gasteiger charge is -2.28. The van der Waals surface area contributed by atoms with Gasteiger partial charge >= 0.3 is 5.79 Å². The van der Waals surface area contributed by atoms with Crippen LogP contribution in [0.3, 0.4) is 0 Å². The van der Waals surface area contributed by atoms with Crippen LogP contribution < -0.4 is 14.2 Å². The maximum Gasteiger partial charge on any atom is 0.305 e. The van der Waals surface area contributed by atoms with Gasteiger partial charge in [0, 0.05) is 16.7 Å². The standard InChI is InChI=1S/C27H20O4/c28-18-21-16-24(29-19-20-10-4-1-5-11-20)26-25(17-21)30-27(31-26,22-12-6-2-7-13-22)23-14-8-3-9-15-23/h1-18H,19H2. The number of aldehydes is 1. The molecule has 0 spiro atoms. The van der Waals surface area contributed by atoms with E-state index in [1.165, 1.54) is 0 Å². The molecule has 0 radical (unpaired) electrons. The first kappa shape index (κ1) is 18.9. The third kappa shape index (κ3) is 3.53. The van der Waals surface area contributed by atoms with Crippen LogP contribution in [0.2, 0.25) is 0 Å². The van der Waals surface area contributed by atoms with Gasteiger partial charge in [0.15, 0.2) is 11.5 Å². The lowest BCUT2D eigenvalue weighted by atomic mass is 9.97. The van der Waals surface area contributed by atoms with E-state index in [9.17, 15) is 4.79 Å². The van der Waals surface area contributed by atoms with Crippen LogP contribution in [0.25, 0.3) is 0 Å². The fraction of sp³-hybridized carbons (Fsp3) is 0.0741. The molecule has 0 fully saturated rings. The van der Waals surface area contributed by atoms with Gasteiger partial charge in [-0.15, -0.1) is 0 Å². The molecule has 0 bridgehead atoms. The van der Waals surface area contributed by atoms with Crippen molar-refractivity contribution in [1.29, 1.82) is 0 Å². The average molecular weight is 408 g/mol. The lowest BCUT2D eigenvalue weighted by Crippen LogP contribution is -2.36. The molecule has 1 heterocycles. The van der Waals surface area contributed by atoms with Crippen LogP contribution in [-0.4, -0.2) is 6.29 Å². The molecule has 0 saturated heterocycles. The number of benzene rings is 4. The Bertz CT molecular complexity index is 1150. The highest BCUT2D eigenvalue weighted by Gasteiger charge is 2.46. The van der Waals surface area contributed by atoms with Crippen molar-refractivity contribution in [3.05, 3.63) is 125 Å². The van der Waals surface area contributed by atoms with E-state index in [0.29, 0.717) is 29.4 Å². The zero-order valence-electron chi connectivity index (χ0n) is 16.7. The van der Waals surface area contributed by atoms with Gasteiger partial charge in [0.1, 0.15) is 12.9 Å². The number of fused-ring (bicyclic) bond motifs is 1. The molecular formula is C27H20O4. The zero-order valence-corrected chi connectivity index (χ0v) is 16.7. The van der Waals surface area contributed by atoms with Crippen LogP contribution in [0.4, 0.5) is 0 Å². The minimum Gasteiger partial charge on any atom is -0.485 e. The van der Waals surface area contributed by atoms with E-state index in [1.54, 1.807) is 12.1 Å². The van der Waals surface area contributed by atoms with Crippen molar-refractivity contribution in [2.45, 2.75) is 12.4 Å². The van der Waals surface area contributed by atoms with Crippen LogP contribution in [0.5, 0.6) is 17.2 Å². The molecule has 0 atom stereocenters. The minimum absolute atomic E-state index is 0.350. The van der Waals surface area contributed by atoms with E-state index in [2.05, 4.69) is 0 Å². The molecular weight excluding hydrogens is 388 g/mol. The SMILES string of the molecule is O=Cc1cc(OCc2ccccc2)c2c(c1)OC(c1ccccc1)(c1ccccc1)O2. The van der Waals surface area contributed by atoms with Crippen LogP contribution in [0.15, 0.2) is 103 Å². The second kappa shape index (κ2) is 8.00. The first-order valence-electron chi connectivity index (χ1n) is 10.1. The van der Waals surface area contributed by atoms with E-state index in [0.717, 1.165) is 23.0 Å². The van der Waals surface area contributed by atoms with Crippen LogP contribution >= 0.6 is 0 Å². The molecule has 1 aliphatic heterocycles. The third-order valence-corrected chi connectivity index (χ3v) is 5.22. The smallest absolute Gasteiger partial charge is 0.305 e.